The number of rotatable bonds is 5. The summed E-state index contributed by atoms with van der Waals surface area (Å²) in [7, 11) is 0. The van der Waals surface area contributed by atoms with E-state index in [9.17, 15) is 9.90 Å². The van der Waals surface area contributed by atoms with Crippen LogP contribution in [0.4, 0.5) is 10.7 Å². The number of benzene rings is 1. The molecule has 2 amide bonds. The molecule has 2 aromatic rings. The van der Waals surface area contributed by atoms with Crippen LogP contribution < -0.4 is 5.32 Å². The Bertz CT molecular complexity index is 695. The summed E-state index contributed by atoms with van der Waals surface area (Å²) in [6, 6.07) is 8.32. The third-order valence-corrected chi connectivity index (χ3v) is 3.95. The van der Waals surface area contributed by atoms with E-state index in [2.05, 4.69) is 10.5 Å². The number of ether oxygens (including phenoxy) is 1. The molecule has 0 radical (unpaired) electrons. The van der Waals surface area contributed by atoms with Crippen LogP contribution in [0.5, 0.6) is 5.75 Å². The Kier molecular flexibility index (Phi) is 5.00. The molecule has 1 saturated heterocycles. The summed E-state index contributed by atoms with van der Waals surface area (Å²) in [5.74, 6) is 0.463. The average molecular weight is 331 g/mol. The minimum absolute atomic E-state index is 0.0121. The number of nitrogens with zero attached hydrogens (tertiary/aromatic N) is 2. The van der Waals surface area contributed by atoms with Gasteiger partial charge in [0.2, 0.25) is 5.88 Å². The zero-order chi connectivity index (χ0) is 16.9. The summed E-state index contributed by atoms with van der Waals surface area (Å²) in [6.07, 6.45) is 1.93. The number of carbonyl (C=O) groups excluding carboxylic acids is 1. The molecular weight excluding hydrogens is 310 g/mol. The van der Waals surface area contributed by atoms with Crippen LogP contribution in [-0.4, -0.2) is 40.4 Å². The molecule has 1 aromatic carbocycles. The van der Waals surface area contributed by atoms with Gasteiger partial charge in [-0.3, -0.25) is 5.32 Å². The zero-order valence-electron chi connectivity index (χ0n) is 13.6. The van der Waals surface area contributed by atoms with E-state index in [4.69, 9.17) is 9.26 Å². The van der Waals surface area contributed by atoms with Gasteiger partial charge < -0.3 is 19.3 Å². The quantitative estimate of drug-likeness (QED) is 0.879. The summed E-state index contributed by atoms with van der Waals surface area (Å²) >= 11 is 0. The van der Waals surface area contributed by atoms with E-state index in [1.807, 2.05) is 6.07 Å². The first kappa shape index (κ1) is 16.3. The molecule has 0 bridgehead atoms. The fourth-order valence-electron chi connectivity index (χ4n) is 2.71. The molecule has 3 rings (SSSR count). The molecule has 128 valence electrons. The van der Waals surface area contributed by atoms with Gasteiger partial charge in [0.15, 0.2) is 0 Å². The number of para-hydroxylation sites is 1. The number of aromatic hydroxyl groups is 1. The van der Waals surface area contributed by atoms with Crippen molar-refractivity contribution in [3.63, 3.8) is 0 Å². The lowest BCUT2D eigenvalue weighted by molar-refractivity contribution is 0.0816. The lowest BCUT2D eigenvalue weighted by Crippen LogP contribution is -2.39. The van der Waals surface area contributed by atoms with Crippen molar-refractivity contribution in [3.05, 3.63) is 41.6 Å². The SMILES string of the molecule is Cc1cc(NC(=O)N(Cc2ccccc2O)C[C@H]2CCCO2)on1. The molecule has 0 saturated carbocycles. The average Bonchev–Trinajstić information content (AvgIpc) is 3.20. The Morgan fingerprint density at radius 1 is 1.46 bits per heavy atom. The lowest BCUT2D eigenvalue weighted by atomic mass is 10.1. The molecule has 1 aliphatic rings. The van der Waals surface area contributed by atoms with Crippen molar-refractivity contribution in [1.82, 2.24) is 10.1 Å². The van der Waals surface area contributed by atoms with Gasteiger partial charge in [0.25, 0.3) is 0 Å². The van der Waals surface area contributed by atoms with Crippen molar-refractivity contribution in [2.45, 2.75) is 32.4 Å². The zero-order valence-corrected chi connectivity index (χ0v) is 13.6. The number of phenolic OH excluding ortho intramolecular Hbond substituents is 1. The third kappa shape index (κ3) is 4.05. The maximum absolute atomic E-state index is 12.6. The number of nitrogens with one attached hydrogen (secondary N) is 1. The van der Waals surface area contributed by atoms with Gasteiger partial charge in [0, 0.05) is 24.8 Å². The molecule has 0 aliphatic carbocycles. The van der Waals surface area contributed by atoms with E-state index >= 15 is 0 Å². The highest BCUT2D eigenvalue weighted by Gasteiger charge is 2.24. The fraction of sp³-hybridized carbons (Fsp3) is 0.412. The predicted octanol–water partition coefficient (Wildman–Crippen LogP) is 2.90. The van der Waals surface area contributed by atoms with Crippen LogP contribution in [0.3, 0.4) is 0 Å². The number of aryl methyl sites for hydroxylation is 1. The van der Waals surface area contributed by atoms with E-state index < -0.39 is 0 Å². The first-order valence-corrected chi connectivity index (χ1v) is 7.99. The highest BCUT2D eigenvalue weighted by atomic mass is 16.5. The standard InChI is InChI=1S/C17H21N3O4/c1-12-9-16(24-19-12)18-17(22)20(11-14-6-4-8-23-14)10-13-5-2-3-7-15(13)21/h2-3,5,7,9,14,21H,4,6,8,10-11H2,1H3,(H,18,22)/t14-/m1/s1. The van der Waals surface area contributed by atoms with Crippen molar-refractivity contribution in [1.29, 1.82) is 0 Å². The number of carbonyl (C=O) groups is 1. The van der Waals surface area contributed by atoms with Crippen molar-refractivity contribution in [3.8, 4) is 5.75 Å². The van der Waals surface area contributed by atoms with E-state index in [0.29, 0.717) is 23.7 Å². The van der Waals surface area contributed by atoms with E-state index in [0.717, 1.165) is 19.4 Å². The maximum Gasteiger partial charge on any atom is 0.324 e. The second-order valence-corrected chi connectivity index (χ2v) is 5.91. The smallest absolute Gasteiger partial charge is 0.324 e. The van der Waals surface area contributed by atoms with Crippen LogP contribution in [-0.2, 0) is 11.3 Å². The van der Waals surface area contributed by atoms with Crippen LogP contribution in [0, 0.1) is 6.92 Å². The van der Waals surface area contributed by atoms with Gasteiger partial charge in [-0.2, -0.15) is 0 Å². The van der Waals surface area contributed by atoms with Crippen LogP contribution in [0.25, 0.3) is 0 Å². The lowest BCUT2D eigenvalue weighted by Gasteiger charge is -2.25. The molecule has 2 N–H and O–H groups in total. The molecule has 0 spiro atoms. The Morgan fingerprint density at radius 2 is 2.29 bits per heavy atom. The molecule has 24 heavy (non-hydrogen) atoms. The normalized spacial score (nSPS) is 17.0. The van der Waals surface area contributed by atoms with Crippen LogP contribution in [0.15, 0.2) is 34.9 Å². The van der Waals surface area contributed by atoms with Gasteiger partial charge >= 0.3 is 6.03 Å². The molecule has 2 heterocycles. The molecule has 1 aromatic heterocycles. The third-order valence-electron chi connectivity index (χ3n) is 3.95. The highest BCUT2D eigenvalue weighted by molar-refractivity contribution is 5.87. The van der Waals surface area contributed by atoms with Crippen molar-refractivity contribution in [2.75, 3.05) is 18.5 Å². The second kappa shape index (κ2) is 7.35. The summed E-state index contributed by atoms with van der Waals surface area (Å²) in [5.41, 5.74) is 1.37. The molecule has 0 unspecified atom stereocenters. The number of phenols is 1. The minimum atomic E-state index is -0.315. The molecule has 1 aliphatic heterocycles. The van der Waals surface area contributed by atoms with Gasteiger partial charge in [-0.1, -0.05) is 23.4 Å². The van der Waals surface area contributed by atoms with Gasteiger partial charge in [-0.25, -0.2) is 4.79 Å². The van der Waals surface area contributed by atoms with Gasteiger partial charge in [-0.05, 0) is 25.8 Å². The Balaban J connectivity index is 1.72. The Hall–Kier alpha value is -2.54. The number of hydrogen-bond donors (Lipinski definition) is 2. The first-order chi connectivity index (χ1) is 11.6. The van der Waals surface area contributed by atoms with Crippen LogP contribution in [0.1, 0.15) is 24.1 Å². The van der Waals surface area contributed by atoms with Gasteiger partial charge in [0.05, 0.1) is 18.3 Å². The number of urea groups is 1. The van der Waals surface area contributed by atoms with E-state index in [-0.39, 0.29) is 24.4 Å². The summed E-state index contributed by atoms with van der Waals surface area (Å²) in [6.45, 7) is 3.24. The molecular formula is C17H21N3O4. The van der Waals surface area contributed by atoms with Crippen LogP contribution in [0.2, 0.25) is 0 Å². The number of amides is 2. The minimum Gasteiger partial charge on any atom is -0.508 e. The Morgan fingerprint density at radius 3 is 2.96 bits per heavy atom. The molecule has 7 heteroatoms. The summed E-state index contributed by atoms with van der Waals surface area (Å²) in [5, 5.41) is 16.4. The fourth-order valence-corrected chi connectivity index (χ4v) is 2.71. The molecule has 1 atom stereocenters. The summed E-state index contributed by atoms with van der Waals surface area (Å²) < 4.78 is 10.7. The summed E-state index contributed by atoms with van der Waals surface area (Å²) in [4.78, 5) is 14.2. The van der Waals surface area contributed by atoms with Gasteiger partial charge in [-0.15, -0.1) is 0 Å². The van der Waals surface area contributed by atoms with Gasteiger partial charge in [0.1, 0.15) is 5.75 Å². The van der Waals surface area contributed by atoms with Crippen LogP contribution >= 0.6 is 0 Å². The largest absolute Gasteiger partial charge is 0.508 e. The predicted molar refractivity (Wildman–Crippen MR) is 87.7 cm³/mol. The topological polar surface area (TPSA) is 87.8 Å². The van der Waals surface area contributed by atoms with Crippen molar-refractivity contribution in [2.24, 2.45) is 0 Å². The maximum atomic E-state index is 12.6. The second-order valence-electron chi connectivity index (χ2n) is 5.91. The number of aromatic nitrogens is 1. The first-order valence-electron chi connectivity index (χ1n) is 7.99. The van der Waals surface area contributed by atoms with E-state index in [1.54, 1.807) is 36.1 Å². The Labute approximate surface area is 140 Å². The van der Waals surface area contributed by atoms with Crippen molar-refractivity contribution >= 4 is 11.9 Å². The monoisotopic (exact) mass is 331 g/mol. The van der Waals surface area contributed by atoms with Crippen molar-refractivity contribution < 1.29 is 19.2 Å². The number of hydrogen-bond acceptors (Lipinski definition) is 5. The highest BCUT2D eigenvalue weighted by Crippen LogP contribution is 2.21. The number of anilines is 1. The molecule has 7 nitrogen and oxygen atoms in total. The molecule has 1 fully saturated rings. The van der Waals surface area contributed by atoms with E-state index in [1.165, 1.54) is 0 Å².